The second-order valence-electron chi connectivity index (χ2n) is 5.82. The summed E-state index contributed by atoms with van der Waals surface area (Å²) in [5.41, 5.74) is 5.70. The van der Waals surface area contributed by atoms with Gasteiger partial charge in [-0.05, 0) is 50.2 Å². The number of nitrogens with two attached hydrogens (primary N) is 1. The fraction of sp³-hybridized carbons (Fsp3) is 0.278. The first-order chi connectivity index (χ1) is 11.0. The predicted octanol–water partition coefficient (Wildman–Crippen LogP) is 3.41. The summed E-state index contributed by atoms with van der Waals surface area (Å²) in [6.07, 6.45) is 0. The van der Waals surface area contributed by atoms with Gasteiger partial charge in [0.2, 0.25) is 5.91 Å². The van der Waals surface area contributed by atoms with Crippen LogP contribution in [0.4, 0.5) is 5.69 Å². The first kappa shape index (κ1) is 16.8. The monoisotopic (exact) mass is 314 g/mol. The molecule has 0 unspecified atom stereocenters. The fourth-order valence-electron chi connectivity index (χ4n) is 1.83. The maximum atomic E-state index is 12.1. The molecule has 0 saturated heterocycles. The number of rotatable bonds is 6. The number of para-hydroxylation sites is 2. The molecule has 0 fully saturated rings. The molecule has 2 aromatic carbocycles. The molecular formula is C18H22N2O3. The van der Waals surface area contributed by atoms with Gasteiger partial charge in [-0.1, -0.05) is 12.1 Å². The zero-order chi connectivity index (χ0) is 16.9. The van der Waals surface area contributed by atoms with Crippen LogP contribution >= 0.6 is 0 Å². The van der Waals surface area contributed by atoms with Crippen molar-refractivity contribution >= 4 is 11.6 Å². The molecule has 5 heteroatoms. The molecule has 2 aromatic rings. The van der Waals surface area contributed by atoms with Gasteiger partial charge >= 0.3 is 0 Å². The Balaban J connectivity index is 2.07. The molecule has 5 nitrogen and oxygen atoms in total. The van der Waals surface area contributed by atoms with Crippen LogP contribution in [0.5, 0.6) is 17.2 Å². The fourth-order valence-corrected chi connectivity index (χ4v) is 1.83. The van der Waals surface area contributed by atoms with Gasteiger partial charge in [-0.3, -0.25) is 4.79 Å². The second kappa shape index (κ2) is 7.15. The maximum Gasteiger partial charge on any atom is 0.231 e. The van der Waals surface area contributed by atoms with Gasteiger partial charge in [0.15, 0.2) is 11.5 Å². The van der Waals surface area contributed by atoms with Crippen molar-refractivity contribution in [2.75, 3.05) is 19.0 Å². The topological polar surface area (TPSA) is 73.6 Å². The van der Waals surface area contributed by atoms with Gasteiger partial charge in [0.1, 0.15) is 5.75 Å². The van der Waals surface area contributed by atoms with Gasteiger partial charge in [0.25, 0.3) is 0 Å². The number of nitrogens with one attached hydrogen (secondary N) is 1. The van der Waals surface area contributed by atoms with Gasteiger partial charge in [-0.2, -0.15) is 0 Å². The van der Waals surface area contributed by atoms with Crippen LogP contribution < -0.4 is 20.5 Å². The lowest BCUT2D eigenvalue weighted by Gasteiger charge is -2.21. The van der Waals surface area contributed by atoms with Gasteiger partial charge in [-0.15, -0.1) is 0 Å². The first-order valence-electron chi connectivity index (χ1n) is 7.39. The van der Waals surface area contributed by atoms with Crippen LogP contribution in [-0.2, 0) is 4.79 Å². The Kier molecular flexibility index (Phi) is 5.24. The average molecular weight is 314 g/mol. The summed E-state index contributed by atoms with van der Waals surface area (Å²) in [5.74, 6) is 1.84. The zero-order valence-corrected chi connectivity index (χ0v) is 13.6. The largest absolute Gasteiger partial charge is 0.493 e. The van der Waals surface area contributed by atoms with Crippen molar-refractivity contribution in [3.8, 4) is 17.2 Å². The summed E-state index contributed by atoms with van der Waals surface area (Å²) < 4.78 is 11.0. The first-order valence-corrected chi connectivity index (χ1v) is 7.39. The number of methoxy groups -OCH3 is 1. The van der Waals surface area contributed by atoms with Crippen molar-refractivity contribution in [2.24, 2.45) is 11.1 Å². The molecule has 0 aliphatic heterocycles. The Labute approximate surface area is 136 Å². The Morgan fingerprint density at radius 2 is 1.70 bits per heavy atom. The Morgan fingerprint density at radius 3 is 2.26 bits per heavy atom. The number of carbonyl (C=O) groups is 1. The van der Waals surface area contributed by atoms with Crippen LogP contribution in [-0.4, -0.2) is 19.6 Å². The average Bonchev–Trinajstić information content (AvgIpc) is 2.57. The SMILES string of the molecule is COc1ccccc1Oc1ccc(NC(=O)C(C)(C)CN)cc1. The minimum absolute atomic E-state index is 0.113. The van der Waals surface area contributed by atoms with E-state index in [2.05, 4.69) is 5.32 Å². The van der Waals surface area contributed by atoms with Crippen LogP contribution in [0.2, 0.25) is 0 Å². The molecule has 0 radical (unpaired) electrons. The van der Waals surface area contributed by atoms with Crippen molar-refractivity contribution in [2.45, 2.75) is 13.8 Å². The van der Waals surface area contributed by atoms with E-state index in [0.29, 0.717) is 22.9 Å². The van der Waals surface area contributed by atoms with E-state index in [1.54, 1.807) is 31.4 Å². The Morgan fingerprint density at radius 1 is 1.09 bits per heavy atom. The van der Waals surface area contributed by atoms with Crippen LogP contribution in [0.1, 0.15) is 13.8 Å². The van der Waals surface area contributed by atoms with E-state index in [1.807, 2.05) is 38.1 Å². The summed E-state index contributed by atoms with van der Waals surface area (Å²) in [7, 11) is 1.60. The number of ether oxygens (including phenoxy) is 2. The zero-order valence-electron chi connectivity index (χ0n) is 13.6. The van der Waals surface area contributed by atoms with Crippen molar-refractivity contribution in [3.63, 3.8) is 0 Å². The summed E-state index contributed by atoms with van der Waals surface area (Å²) >= 11 is 0. The number of carbonyl (C=O) groups excluding carboxylic acids is 1. The van der Waals surface area contributed by atoms with Gasteiger partial charge in [0, 0.05) is 12.2 Å². The van der Waals surface area contributed by atoms with E-state index >= 15 is 0 Å². The van der Waals surface area contributed by atoms with E-state index in [4.69, 9.17) is 15.2 Å². The molecular weight excluding hydrogens is 292 g/mol. The van der Waals surface area contributed by atoms with Gasteiger partial charge in [0.05, 0.1) is 12.5 Å². The predicted molar refractivity (Wildman–Crippen MR) is 91.0 cm³/mol. The van der Waals surface area contributed by atoms with Gasteiger partial charge < -0.3 is 20.5 Å². The third-order valence-corrected chi connectivity index (χ3v) is 3.53. The second-order valence-corrected chi connectivity index (χ2v) is 5.82. The third-order valence-electron chi connectivity index (χ3n) is 3.53. The highest BCUT2D eigenvalue weighted by atomic mass is 16.5. The van der Waals surface area contributed by atoms with E-state index in [0.717, 1.165) is 0 Å². The summed E-state index contributed by atoms with van der Waals surface area (Å²) in [4.78, 5) is 12.1. The highest BCUT2D eigenvalue weighted by Crippen LogP contribution is 2.31. The van der Waals surface area contributed by atoms with Gasteiger partial charge in [-0.25, -0.2) is 0 Å². The van der Waals surface area contributed by atoms with Crippen molar-refractivity contribution in [1.29, 1.82) is 0 Å². The molecule has 0 aromatic heterocycles. The Hall–Kier alpha value is -2.53. The van der Waals surface area contributed by atoms with E-state index in [1.165, 1.54) is 0 Å². The quantitative estimate of drug-likeness (QED) is 0.857. The number of anilines is 1. The lowest BCUT2D eigenvalue weighted by molar-refractivity contribution is -0.123. The summed E-state index contributed by atoms with van der Waals surface area (Å²) in [6.45, 7) is 3.90. The molecule has 0 heterocycles. The molecule has 23 heavy (non-hydrogen) atoms. The lowest BCUT2D eigenvalue weighted by atomic mass is 9.92. The minimum Gasteiger partial charge on any atom is -0.493 e. The molecule has 2 rings (SSSR count). The molecule has 1 amide bonds. The maximum absolute atomic E-state index is 12.1. The number of hydrogen-bond donors (Lipinski definition) is 2. The molecule has 0 aliphatic rings. The summed E-state index contributed by atoms with van der Waals surface area (Å²) in [6, 6.07) is 14.6. The highest BCUT2D eigenvalue weighted by Gasteiger charge is 2.25. The molecule has 0 aliphatic carbocycles. The minimum atomic E-state index is -0.605. The molecule has 0 atom stereocenters. The molecule has 122 valence electrons. The van der Waals surface area contributed by atoms with Crippen LogP contribution in [0.25, 0.3) is 0 Å². The van der Waals surface area contributed by atoms with Crippen molar-refractivity contribution in [3.05, 3.63) is 48.5 Å². The Bertz CT molecular complexity index is 666. The highest BCUT2D eigenvalue weighted by molar-refractivity contribution is 5.95. The van der Waals surface area contributed by atoms with E-state index in [9.17, 15) is 4.79 Å². The standard InChI is InChI=1S/C18H22N2O3/c1-18(2,12-19)17(21)20-13-8-10-14(11-9-13)23-16-7-5-4-6-15(16)22-3/h4-11H,12,19H2,1-3H3,(H,20,21). The lowest BCUT2D eigenvalue weighted by Crippen LogP contribution is -2.37. The van der Waals surface area contributed by atoms with E-state index < -0.39 is 5.41 Å². The molecule has 3 N–H and O–H groups in total. The van der Waals surface area contributed by atoms with Crippen LogP contribution in [0.3, 0.4) is 0 Å². The van der Waals surface area contributed by atoms with E-state index in [-0.39, 0.29) is 12.5 Å². The number of benzene rings is 2. The van der Waals surface area contributed by atoms with Crippen LogP contribution in [0.15, 0.2) is 48.5 Å². The van der Waals surface area contributed by atoms with Crippen molar-refractivity contribution < 1.29 is 14.3 Å². The molecule has 0 bridgehead atoms. The molecule has 0 saturated carbocycles. The van der Waals surface area contributed by atoms with Crippen molar-refractivity contribution in [1.82, 2.24) is 0 Å². The number of amides is 1. The third kappa shape index (κ3) is 4.23. The number of hydrogen-bond acceptors (Lipinski definition) is 4. The van der Waals surface area contributed by atoms with Crippen LogP contribution in [0, 0.1) is 5.41 Å². The normalized spacial score (nSPS) is 11.0. The summed E-state index contributed by atoms with van der Waals surface area (Å²) in [5, 5.41) is 2.85. The smallest absolute Gasteiger partial charge is 0.231 e. The molecule has 0 spiro atoms.